The van der Waals surface area contributed by atoms with Gasteiger partial charge in [0.05, 0.1) is 13.2 Å². The summed E-state index contributed by atoms with van der Waals surface area (Å²) in [6.07, 6.45) is 14.2. The SMILES string of the molecule is CC.CC12C=CCC1C1CC=C3CCOCC3(C)C1CC2. The molecule has 1 heteroatoms. The van der Waals surface area contributed by atoms with Gasteiger partial charge in [0.1, 0.15) is 0 Å². The average Bonchev–Trinajstić information content (AvgIpc) is 2.90. The smallest absolute Gasteiger partial charge is 0.0559 e. The van der Waals surface area contributed by atoms with E-state index in [1.165, 1.54) is 32.1 Å². The first-order chi connectivity index (χ1) is 10.1. The molecule has 1 saturated carbocycles. The second-order valence-electron chi connectivity index (χ2n) is 7.74. The minimum absolute atomic E-state index is 0.352. The van der Waals surface area contributed by atoms with Crippen molar-refractivity contribution in [3.63, 3.8) is 0 Å². The molecular formula is C20H32O. The Morgan fingerprint density at radius 2 is 1.95 bits per heavy atom. The van der Waals surface area contributed by atoms with Gasteiger partial charge in [-0.15, -0.1) is 0 Å². The van der Waals surface area contributed by atoms with Crippen LogP contribution >= 0.6 is 0 Å². The highest BCUT2D eigenvalue weighted by Gasteiger charge is 2.54. The third kappa shape index (κ3) is 2.23. The molecule has 0 N–H and O–H groups in total. The maximum absolute atomic E-state index is 5.87. The molecule has 0 amide bonds. The van der Waals surface area contributed by atoms with Crippen molar-refractivity contribution >= 4 is 0 Å². The van der Waals surface area contributed by atoms with Gasteiger partial charge in [0.2, 0.25) is 0 Å². The van der Waals surface area contributed by atoms with Gasteiger partial charge < -0.3 is 4.74 Å². The topological polar surface area (TPSA) is 9.23 Å². The second-order valence-corrected chi connectivity index (χ2v) is 7.74. The predicted octanol–water partition coefficient (Wildman–Crippen LogP) is 5.38. The molecule has 5 atom stereocenters. The molecule has 1 aliphatic heterocycles. The number of hydrogen-bond acceptors (Lipinski definition) is 1. The highest BCUT2D eigenvalue weighted by Crippen LogP contribution is 2.61. The quantitative estimate of drug-likeness (QED) is 0.544. The van der Waals surface area contributed by atoms with Crippen molar-refractivity contribution in [2.75, 3.05) is 13.2 Å². The largest absolute Gasteiger partial charge is 0.380 e. The Labute approximate surface area is 130 Å². The Hall–Kier alpha value is -0.560. The number of allylic oxidation sites excluding steroid dienone is 3. The molecule has 2 fully saturated rings. The zero-order valence-electron chi connectivity index (χ0n) is 14.3. The van der Waals surface area contributed by atoms with Crippen molar-refractivity contribution in [1.82, 2.24) is 0 Å². The Morgan fingerprint density at radius 1 is 1.14 bits per heavy atom. The maximum atomic E-state index is 5.87. The van der Waals surface area contributed by atoms with E-state index in [9.17, 15) is 0 Å². The van der Waals surface area contributed by atoms with E-state index in [0.717, 1.165) is 31.0 Å². The van der Waals surface area contributed by atoms with Crippen molar-refractivity contribution in [3.05, 3.63) is 23.8 Å². The molecule has 1 saturated heterocycles. The van der Waals surface area contributed by atoms with E-state index in [-0.39, 0.29) is 0 Å². The van der Waals surface area contributed by atoms with Gasteiger partial charge in [-0.1, -0.05) is 51.5 Å². The monoisotopic (exact) mass is 288 g/mol. The molecule has 118 valence electrons. The standard InChI is InChI=1S/C18H26O.C2H6/c1-17-9-3-4-15(17)14-6-5-13-8-11-19-12-18(13,2)16(14)7-10-17;1-2/h3,5,9,14-16H,4,6-8,10-12H2,1-2H3;1-2H3. The average molecular weight is 288 g/mol. The van der Waals surface area contributed by atoms with Crippen molar-refractivity contribution in [1.29, 1.82) is 0 Å². The molecule has 0 aromatic heterocycles. The lowest BCUT2D eigenvalue weighted by atomic mass is 9.50. The van der Waals surface area contributed by atoms with E-state index in [4.69, 9.17) is 4.74 Å². The van der Waals surface area contributed by atoms with Crippen LogP contribution in [0.15, 0.2) is 23.8 Å². The first-order valence-corrected chi connectivity index (χ1v) is 9.08. The lowest BCUT2D eigenvalue weighted by Gasteiger charge is -2.56. The number of ether oxygens (including phenoxy) is 1. The molecule has 4 rings (SSSR count). The summed E-state index contributed by atoms with van der Waals surface area (Å²) in [4.78, 5) is 0. The van der Waals surface area contributed by atoms with Crippen molar-refractivity contribution < 1.29 is 4.74 Å². The van der Waals surface area contributed by atoms with Gasteiger partial charge in [-0.05, 0) is 55.3 Å². The Morgan fingerprint density at radius 3 is 2.76 bits per heavy atom. The van der Waals surface area contributed by atoms with Gasteiger partial charge in [-0.3, -0.25) is 0 Å². The molecule has 21 heavy (non-hydrogen) atoms. The van der Waals surface area contributed by atoms with Gasteiger partial charge in [0.15, 0.2) is 0 Å². The molecule has 1 nitrogen and oxygen atoms in total. The fourth-order valence-electron chi connectivity index (χ4n) is 5.69. The van der Waals surface area contributed by atoms with E-state index in [2.05, 4.69) is 32.1 Å². The Bertz CT molecular complexity index is 449. The zero-order valence-corrected chi connectivity index (χ0v) is 14.3. The normalized spacial score (nSPS) is 47.4. The van der Waals surface area contributed by atoms with Crippen molar-refractivity contribution in [2.24, 2.45) is 28.6 Å². The summed E-state index contributed by atoms with van der Waals surface area (Å²) in [6.45, 7) is 10.9. The van der Waals surface area contributed by atoms with Crippen LogP contribution < -0.4 is 0 Å². The molecule has 0 bridgehead atoms. The lowest BCUT2D eigenvalue weighted by Crippen LogP contribution is -2.50. The van der Waals surface area contributed by atoms with Crippen LogP contribution in [0.2, 0.25) is 0 Å². The summed E-state index contributed by atoms with van der Waals surface area (Å²) in [6, 6.07) is 0. The summed E-state index contributed by atoms with van der Waals surface area (Å²) in [5.74, 6) is 2.65. The lowest BCUT2D eigenvalue weighted by molar-refractivity contribution is -0.0627. The van der Waals surface area contributed by atoms with E-state index in [1.807, 2.05) is 13.8 Å². The number of hydrogen-bond donors (Lipinski definition) is 0. The first kappa shape index (κ1) is 15.3. The molecule has 4 aliphatic rings. The van der Waals surface area contributed by atoms with E-state index >= 15 is 0 Å². The molecule has 3 aliphatic carbocycles. The molecule has 1 heterocycles. The first-order valence-electron chi connectivity index (χ1n) is 9.08. The van der Waals surface area contributed by atoms with E-state index in [1.54, 1.807) is 5.57 Å². The summed E-state index contributed by atoms with van der Waals surface area (Å²) in [5.41, 5.74) is 2.57. The minimum Gasteiger partial charge on any atom is -0.380 e. The van der Waals surface area contributed by atoms with E-state index < -0.39 is 0 Å². The van der Waals surface area contributed by atoms with Gasteiger partial charge in [0.25, 0.3) is 0 Å². The zero-order chi connectivity index (χ0) is 15.1. The van der Waals surface area contributed by atoms with E-state index in [0.29, 0.717) is 10.8 Å². The molecule has 0 aromatic rings. The molecule has 0 spiro atoms. The van der Waals surface area contributed by atoms with Crippen LogP contribution in [0.4, 0.5) is 0 Å². The van der Waals surface area contributed by atoms with Crippen molar-refractivity contribution in [3.8, 4) is 0 Å². The van der Waals surface area contributed by atoms with Crippen LogP contribution in [0, 0.1) is 28.6 Å². The highest BCUT2D eigenvalue weighted by atomic mass is 16.5. The summed E-state index contributed by atoms with van der Waals surface area (Å²) < 4.78 is 5.87. The van der Waals surface area contributed by atoms with Gasteiger partial charge in [0, 0.05) is 5.41 Å². The molecular weight excluding hydrogens is 256 g/mol. The summed E-state index contributed by atoms with van der Waals surface area (Å²) in [5, 5.41) is 0. The molecule has 0 aromatic carbocycles. The Balaban J connectivity index is 0.000000636. The van der Waals surface area contributed by atoms with Crippen LogP contribution in [0.25, 0.3) is 0 Å². The summed E-state index contributed by atoms with van der Waals surface area (Å²) >= 11 is 0. The number of fused-ring (bicyclic) bond motifs is 5. The Kier molecular flexibility index (Phi) is 4.07. The van der Waals surface area contributed by atoms with Crippen LogP contribution in [0.3, 0.4) is 0 Å². The third-order valence-electron chi connectivity index (χ3n) is 6.87. The fourth-order valence-corrected chi connectivity index (χ4v) is 5.69. The summed E-state index contributed by atoms with van der Waals surface area (Å²) in [7, 11) is 0. The fraction of sp³-hybridized carbons (Fsp3) is 0.800. The van der Waals surface area contributed by atoms with Crippen LogP contribution in [-0.4, -0.2) is 13.2 Å². The predicted molar refractivity (Wildman–Crippen MR) is 89.2 cm³/mol. The minimum atomic E-state index is 0.352. The van der Waals surface area contributed by atoms with Crippen LogP contribution in [0.5, 0.6) is 0 Å². The maximum Gasteiger partial charge on any atom is 0.0559 e. The van der Waals surface area contributed by atoms with Gasteiger partial charge in [-0.2, -0.15) is 0 Å². The molecule has 5 unspecified atom stereocenters. The van der Waals surface area contributed by atoms with Crippen molar-refractivity contribution in [2.45, 2.75) is 59.8 Å². The second kappa shape index (κ2) is 5.57. The van der Waals surface area contributed by atoms with Crippen LogP contribution in [0.1, 0.15) is 59.8 Å². The third-order valence-corrected chi connectivity index (χ3v) is 6.87. The van der Waals surface area contributed by atoms with Gasteiger partial charge in [-0.25, -0.2) is 0 Å². The van der Waals surface area contributed by atoms with Gasteiger partial charge >= 0.3 is 0 Å². The van der Waals surface area contributed by atoms with Crippen LogP contribution in [-0.2, 0) is 4.74 Å². The number of rotatable bonds is 0. The molecule has 0 radical (unpaired) electrons. The highest BCUT2D eigenvalue weighted by molar-refractivity contribution is 5.25.